The summed E-state index contributed by atoms with van der Waals surface area (Å²) in [6, 6.07) is -0.713. The number of likely N-dealkylation sites (N-methyl/N-ethyl adjacent to an activating group) is 1. The van der Waals surface area contributed by atoms with Gasteiger partial charge < -0.3 is 28.6 Å². The van der Waals surface area contributed by atoms with Gasteiger partial charge in [-0.3, -0.25) is 9.59 Å². The maximum absolute atomic E-state index is 12.3. The minimum Gasteiger partial charge on any atom is -0.544 e. The molecule has 33 heavy (non-hydrogen) atoms. The largest absolute Gasteiger partial charge is 0.544 e. The molecule has 8 heteroatoms. The highest BCUT2D eigenvalue weighted by Crippen LogP contribution is 2.11. The summed E-state index contributed by atoms with van der Waals surface area (Å²) < 4.78 is 16.6. The molecule has 0 rings (SSSR count). The maximum Gasteiger partial charge on any atom is 0.306 e. The second-order valence-electron chi connectivity index (χ2n) is 9.58. The lowest BCUT2D eigenvalue weighted by Gasteiger charge is -2.34. The zero-order valence-corrected chi connectivity index (χ0v) is 21.6. The third-order valence-corrected chi connectivity index (χ3v) is 5.49. The van der Waals surface area contributed by atoms with Gasteiger partial charge >= 0.3 is 11.9 Å². The molecular formula is C25H47NO7. The number of carboxylic acid groups (broad SMARTS) is 1. The molecule has 0 N–H and O–H groups in total. The predicted molar refractivity (Wildman–Crippen MR) is 125 cm³/mol. The Bertz CT molecular complexity index is 545. The van der Waals surface area contributed by atoms with E-state index in [9.17, 15) is 19.5 Å². The minimum atomic E-state index is -1.13. The number of nitrogens with zero attached hydrogens (tertiary/aromatic N) is 1. The second-order valence-corrected chi connectivity index (χ2v) is 9.58. The van der Waals surface area contributed by atoms with Gasteiger partial charge in [-0.2, -0.15) is 0 Å². The Hall–Kier alpha value is -1.67. The van der Waals surface area contributed by atoms with E-state index in [-0.39, 0.29) is 42.7 Å². The number of carbonyl (C=O) groups excluding carboxylic acids is 3. The minimum absolute atomic E-state index is 0.0424. The van der Waals surface area contributed by atoms with E-state index in [0.29, 0.717) is 12.8 Å². The van der Waals surface area contributed by atoms with Gasteiger partial charge in [-0.1, -0.05) is 58.8 Å². The van der Waals surface area contributed by atoms with Crippen LogP contribution in [0.2, 0.25) is 0 Å². The third kappa shape index (κ3) is 17.5. The van der Waals surface area contributed by atoms with Crippen molar-refractivity contribution in [3.63, 3.8) is 0 Å². The molecule has 2 unspecified atom stereocenters. The number of ether oxygens (including phenoxy) is 3. The van der Waals surface area contributed by atoms with Crippen LogP contribution in [0.5, 0.6) is 0 Å². The van der Waals surface area contributed by atoms with E-state index >= 15 is 0 Å². The van der Waals surface area contributed by atoms with E-state index in [0.717, 1.165) is 32.1 Å². The molecule has 0 aromatic heterocycles. The molecule has 0 saturated carbocycles. The number of quaternary nitrogens is 1. The summed E-state index contributed by atoms with van der Waals surface area (Å²) in [6.07, 6.45) is 9.59. The van der Waals surface area contributed by atoms with Crippen LogP contribution < -0.4 is 5.11 Å². The first-order chi connectivity index (χ1) is 15.6. The average molecular weight is 474 g/mol. The van der Waals surface area contributed by atoms with Crippen molar-refractivity contribution in [2.24, 2.45) is 0 Å². The first-order valence-corrected chi connectivity index (χ1v) is 12.6. The number of rotatable bonds is 21. The van der Waals surface area contributed by atoms with E-state index in [1.54, 1.807) is 21.1 Å². The molecule has 0 aliphatic carbocycles. The fraction of sp³-hybridized carbons (Fsp3) is 0.880. The van der Waals surface area contributed by atoms with Crippen LogP contribution in [0, 0.1) is 0 Å². The van der Waals surface area contributed by atoms with Crippen LogP contribution in [0.25, 0.3) is 0 Å². The number of unbranched alkanes of at least 4 members (excludes halogenated alkanes) is 7. The molecule has 0 aromatic rings. The molecule has 0 fully saturated rings. The topological polar surface area (TPSA) is 102 Å². The zero-order valence-electron chi connectivity index (χ0n) is 21.6. The summed E-state index contributed by atoms with van der Waals surface area (Å²) in [5.41, 5.74) is 0. The lowest BCUT2D eigenvalue weighted by molar-refractivity contribution is -0.889. The molecule has 0 spiro atoms. The summed E-state index contributed by atoms with van der Waals surface area (Å²) in [4.78, 5) is 35.5. The van der Waals surface area contributed by atoms with Crippen LogP contribution in [-0.4, -0.2) is 75.5 Å². The Morgan fingerprint density at radius 1 is 0.788 bits per heavy atom. The number of hydrogen-bond acceptors (Lipinski definition) is 7. The number of carboxylic acids is 1. The van der Waals surface area contributed by atoms with E-state index in [1.165, 1.54) is 25.7 Å². The van der Waals surface area contributed by atoms with E-state index in [4.69, 9.17) is 14.2 Å². The van der Waals surface area contributed by atoms with Gasteiger partial charge in [-0.15, -0.1) is 0 Å². The maximum atomic E-state index is 12.3. The number of hydrogen-bond donors (Lipinski definition) is 0. The third-order valence-electron chi connectivity index (χ3n) is 5.49. The van der Waals surface area contributed by atoms with Crippen molar-refractivity contribution in [2.75, 3.05) is 41.0 Å². The van der Waals surface area contributed by atoms with Crippen molar-refractivity contribution in [3.8, 4) is 0 Å². The highest BCUT2D eigenvalue weighted by molar-refractivity contribution is 5.70. The highest BCUT2D eigenvalue weighted by Gasteiger charge is 2.25. The summed E-state index contributed by atoms with van der Waals surface area (Å²) in [5.74, 6) is -1.79. The Balaban J connectivity index is 4.51. The SMILES string of the molecule is CCCCCCCCCC(=O)OC(COCCC(C(=O)[O-])[N+](C)(C)C)COC(=O)CCCC. The predicted octanol–water partition coefficient (Wildman–Crippen LogP) is 3.00. The molecule has 0 aromatic carbocycles. The summed E-state index contributed by atoms with van der Waals surface area (Å²) in [5, 5.41) is 11.4. The molecule has 194 valence electrons. The molecule has 0 bridgehead atoms. The Morgan fingerprint density at radius 3 is 1.94 bits per heavy atom. The molecular weight excluding hydrogens is 426 g/mol. The van der Waals surface area contributed by atoms with Crippen LogP contribution in [0.3, 0.4) is 0 Å². The lowest BCUT2D eigenvalue weighted by atomic mass is 10.1. The molecule has 0 amide bonds. The van der Waals surface area contributed by atoms with Crippen LogP contribution in [0.4, 0.5) is 0 Å². The lowest BCUT2D eigenvalue weighted by Crippen LogP contribution is -2.55. The van der Waals surface area contributed by atoms with Gasteiger partial charge in [0.05, 0.1) is 40.3 Å². The average Bonchev–Trinajstić information content (AvgIpc) is 2.73. The van der Waals surface area contributed by atoms with Gasteiger partial charge in [0, 0.05) is 19.3 Å². The van der Waals surface area contributed by atoms with Crippen LogP contribution in [-0.2, 0) is 28.6 Å². The van der Waals surface area contributed by atoms with Crippen molar-refractivity contribution in [2.45, 2.75) is 103 Å². The van der Waals surface area contributed by atoms with Gasteiger partial charge in [0.2, 0.25) is 0 Å². The number of carbonyl (C=O) groups is 3. The quantitative estimate of drug-likeness (QED) is 0.143. The fourth-order valence-corrected chi connectivity index (χ4v) is 3.40. The molecule has 0 saturated heterocycles. The van der Waals surface area contributed by atoms with Gasteiger partial charge in [0.1, 0.15) is 12.6 Å². The van der Waals surface area contributed by atoms with Crippen LogP contribution in [0.15, 0.2) is 0 Å². The molecule has 0 radical (unpaired) electrons. The van der Waals surface area contributed by atoms with E-state index in [2.05, 4.69) is 6.92 Å². The van der Waals surface area contributed by atoms with Gasteiger partial charge in [-0.05, 0) is 12.8 Å². The van der Waals surface area contributed by atoms with Crippen LogP contribution >= 0.6 is 0 Å². The molecule has 0 aliphatic heterocycles. The Kier molecular flexibility index (Phi) is 17.8. The second kappa shape index (κ2) is 18.7. The molecule has 0 heterocycles. The van der Waals surface area contributed by atoms with Crippen molar-refractivity contribution >= 4 is 17.9 Å². The van der Waals surface area contributed by atoms with Crippen molar-refractivity contribution in [1.82, 2.24) is 0 Å². The van der Waals surface area contributed by atoms with Gasteiger partial charge in [-0.25, -0.2) is 0 Å². The smallest absolute Gasteiger partial charge is 0.306 e. The highest BCUT2D eigenvalue weighted by atomic mass is 16.6. The Labute approximate surface area is 200 Å². The monoisotopic (exact) mass is 473 g/mol. The summed E-state index contributed by atoms with van der Waals surface area (Å²) in [7, 11) is 5.35. The zero-order chi connectivity index (χ0) is 25.1. The van der Waals surface area contributed by atoms with E-state index in [1.807, 2.05) is 6.92 Å². The van der Waals surface area contributed by atoms with E-state index < -0.39 is 18.1 Å². The number of aliphatic carboxylic acids is 1. The fourth-order valence-electron chi connectivity index (χ4n) is 3.40. The first kappa shape index (κ1) is 31.3. The van der Waals surface area contributed by atoms with Crippen molar-refractivity contribution in [3.05, 3.63) is 0 Å². The van der Waals surface area contributed by atoms with Crippen molar-refractivity contribution < 1.29 is 38.2 Å². The first-order valence-electron chi connectivity index (χ1n) is 12.6. The Morgan fingerprint density at radius 2 is 1.36 bits per heavy atom. The van der Waals surface area contributed by atoms with Gasteiger partial charge in [0.15, 0.2) is 6.10 Å². The van der Waals surface area contributed by atoms with Crippen molar-refractivity contribution in [1.29, 1.82) is 0 Å². The molecule has 0 aliphatic rings. The number of esters is 2. The summed E-state index contributed by atoms with van der Waals surface area (Å²) in [6.45, 7) is 4.32. The molecule has 2 atom stereocenters. The van der Waals surface area contributed by atoms with Crippen LogP contribution in [0.1, 0.15) is 90.9 Å². The van der Waals surface area contributed by atoms with Gasteiger partial charge in [0.25, 0.3) is 0 Å². The summed E-state index contributed by atoms with van der Waals surface area (Å²) >= 11 is 0. The normalized spacial score (nSPS) is 13.4. The standard InChI is InChI=1S/C25H47NO7/c1-6-8-10-11-12-13-14-16-24(28)33-21(20-32-23(27)15-9-7-2)19-31-18-17-22(25(29)30)26(3,4)5/h21-22H,6-20H2,1-5H3. The molecule has 8 nitrogen and oxygen atoms in total.